The second kappa shape index (κ2) is 5.09. The number of aromatic carboxylic acids is 1. The van der Waals surface area contributed by atoms with E-state index >= 15 is 0 Å². The Kier molecular flexibility index (Phi) is 3.28. The third kappa shape index (κ3) is 2.20. The molecule has 0 aliphatic carbocycles. The van der Waals surface area contributed by atoms with Gasteiger partial charge in [-0.2, -0.15) is 0 Å². The lowest BCUT2D eigenvalue weighted by molar-refractivity contribution is 0.0689. The summed E-state index contributed by atoms with van der Waals surface area (Å²) in [6, 6.07) is 11.5. The molecule has 20 heavy (non-hydrogen) atoms. The van der Waals surface area contributed by atoms with Gasteiger partial charge in [0.25, 0.3) is 0 Å². The van der Waals surface area contributed by atoms with Gasteiger partial charge in [0, 0.05) is 33.3 Å². The average molecular weight is 331 g/mol. The largest absolute Gasteiger partial charge is 0.477 e. The average Bonchev–Trinajstić information content (AvgIpc) is 2.76. The Morgan fingerprint density at radius 3 is 2.85 bits per heavy atom. The maximum absolute atomic E-state index is 11.2. The molecule has 1 aromatic carbocycles. The van der Waals surface area contributed by atoms with Crippen LogP contribution in [0, 0.1) is 0 Å². The Balaban J connectivity index is 2.08. The fraction of sp³-hybridized carbons (Fsp3) is 0.0667. The molecule has 3 aromatic rings. The first kappa shape index (κ1) is 12.9. The molecule has 1 N–H and O–H groups in total. The van der Waals surface area contributed by atoms with E-state index in [0.29, 0.717) is 12.1 Å². The molecular formula is C15H11BrN2O2. The highest BCUT2D eigenvalue weighted by atomic mass is 79.9. The van der Waals surface area contributed by atoms with Crippen molar-refractivity contribution >= 4 is 32.8 Å². The molecule has 4 nitrogen and oxygen atoms in total. The molecule has 100 valence electrons. The number of rotatable bonds is 3. The smallest absolute Gasteiger partial charge is 0.354 e. The summed E-state index contributed by atoms with van der Waals surface area (Å²) in [4.78, 5) is 15.1. The number of halogens is 1. The number of hydrogen-bond donors (Lipinski definition) is 1. The third-order valence-electron chi connectivity index (χ3n) is 3.17. The normalized spacial score (nSPS) is 10.8. The molecule has 0 unspecified atom stereocenters. The van der Waals surface area contributed by atoms with Gasteiger partial charge in [-0.25, -0.2) is 9.78 Å². The Morgan fingerprint density at radius 1 is 1.25 bits per heavy atom. The lowest BCUT2D eigenvalue weighted by Crippen LogP contribution is -2.08. The zero-order valence-corrected chi connectivity index (χ0v) is 12.0. The number of carbonyl (C=O) groups is 1. The van der Waals surface area contributed by atoms with Crippen molar-refractivity contribution in [2.24, 2.45) is 0 Å². The van der Waals surface area contributed by atoms with E-state index in [1.54, 1.807) is 12.1 Å². The van der Waals surface area contributed by atoms with Crippen LogP contribution in [-0.4, -0.2) is 20.6 Å². The summed E-state index contributed by atoms with van der Waals surface area (Å²) >= 11 is 3.53. The highest BCUT2D eigenvalue weighted by Gasteiger charge is 2.13. The SMILES string of the molecule is O=C(O)c1ncccc1Cn1cc(Br)c2ccccc21. The molecule has 2 aromatic heterocycles. The van der Waals surface area contributed by atoms with Crippen LogP contribution in [-0.2, 0) is 6.54 Å². The standard InChI is InChI=1S/C15H11BrN2O2/c16-12-9-18(13-6-2-1-5-11(12)13)8-10-4-3-7-17-14(10)15(19)20/h1-7,9H,8H2,(H,19,20). The molecule has 0 spiro atoms. The molecule has 0 radical (unpaired) electrons. The molecule has 3 rings (SSSR count). The number of carboxylic acids is 1. The third-order valence-corrected chi connectivity index (χ3v) is 3.81. The van der Waals surface area contributed by atoms with Crippen LogP contribution in [0.25, 0.3) is 10.9 Å². The van der Waals surface area contributed by atoms with Crippen molar-refractivity contribution in [2.45, 2.75) is 6.54 Å². The first-order valence-electron chi connectivity index (χ1n) is 6.07. The van der Waals surface area contributed by atoms with E-state index in [1.807, 2.05) is 35.0 Å². The molecule has 0 aliphatic heterocycles. The van der Waals surface area contributed by atoms with Gasteiger partial charge in [0.1, 0.15) is 0 Å². The quantitative estimate of drug-likeness (QED) is 0.799. The number of benzene rings is 1. The van der Waals surface area contributed by atoms with E-state index in [4.69, 9.17) is 0 Å². The van der Waals surface area contributed by atoms with Gasteiger partial charge < -0.3 is 9.67 Å². The van der Waals surface area contributed by atoms with Crippen molar-refractivity contribution in [1.82, 2.24) is 9.55 Å². The van der Waals surface area contributed by atoms with Gasteiger partial charge in [-0.15, -0.1) is 0 Å². The predicted molar refractivity (Wildman–Crippen MR) is 79.9 cm³/mol. The predicted octanol–water partition coefficient (Wildman–Crippen LogP) is 3.55. The summed E-state index contributed by atoms with van der Waals surface area (Å²) < 4.78 is 3.01. The molecule has 0 fully saturated rings. The van der Waals surface area contributed by atoms with Crippen LogP contribution in [0.1, 0.15) is 16.1 Å². The summed E-state index contributed by atoms with van der Waals surface area (Å²) in [5.74, 6) is -1.00. The minimum Gasteiger partial charge on any atom is -0.477 e. The lowest BCUT2D eigenvalue weighted by Gasteiger charge is -2.07. The Morgan fingerprint density at radius 2 is 2.05 bits per heavy atom. The zero-order chi connectivity index (χ0) is 14.1. The summed E-state index contributed by atoms with van der Waals surface area (Å²) in [5.41, 5.74) is 1.84. The summed E-state index contributed by atoms with van der Waals surface area (Å²) in [7, 11) is 0. The van der Waals surface area contributed by atoms with Crippen LogP contribution >= 0.6 is 15.9 Å². The van der Waals surface area contributed by atoms with Crippen LogP contribution in [0.2, 0.25) is 0 Å². The van der Waals surface area contributed by atoms with Crippen LogP contribution in [0.3, 0.4) is 0 Å². The van der Waals surface area contributed by atoms with Crippen molar-refractivity contribution in [3.8, 4) is 0 Å². The number of fused-ring (bicyclic) bond motifs is 1. The Hall–Kier alpha value is -2.14. The Bertz CT molecular complexity index is 795. The topological polar surface area (TPSA) is 55.1 Å². The highest BCUT2D eigenvalue weighted by Crippen LogP contribution is 2.26. The molecule has 0 atom stereocenters. The lowest BCUT2D eigenvalue weighted by atomic mass is 10.2. The number of para-hydroxylation sites is 1. The van der Waals surface area contributed by atoms with Crippen molar-refractivity contribution in [2.75, 3.05) is 0 Å². The van der Waals surface area contributed by atoms with Crippen molar-refractivity contribution in [1.29, 1.82) is 0 Å². The molecular weight excluding hydrogens is 320 g/mol. The van der Waals surface area contributed by atoms with Gasteiger partial charge in [-0.3, -0.25) is 0 Å². The first-order valence-corrected chi connectivity index (χ1v) is 6.86. The second-order valence-corrected chi connectivity index (χ2v) is 5.29. The van der Waals surface area contributed by atoms with Crippen LogP contribution in [0.15, 0.2) is 53.3 Å². The number of hydrogen-bond acceptors (Lipinski definition) is 2. The minimum atomic E-state index is -1.00. The minimum absolute atomic E-state index is 0.0985. The molecule has 5 heteroatoms. The number of pyridine rings is 1. The molecule has 0 amide bonds. The first-order chi connectivity index (χ1) is 9.66. The number of aromatic nitrogens is 2. The van der Waals surface area contributed by atoms with Gasteiger partial charge in [-0.1, -0.05) is 24.3 Å². The van der Waals surface area contributed by atoms with Crippen LogP contribution in [0.5, 0.6) is 0 Å². The van der Waals surface area contributed by atoms with E-state index in [9.17, 15) is 9.90 Å². The maximum atomic E-state index is 11.2. The van der Waals surface area contributed by atoms with Gasteiger partial charge in [-0.05, 0) is 28.1 Å². The van der Waals surface area contributed by atoms with Crippen molar-refractivity contribution in [3.63, 3.8) is 0 Å². The van der Waals surface area contributed by atoms with Gasteiger partial charge in [0.2, 0.25) is 0 Å². The highest BCUT2D eigenvalue weighted by molar-refractivity contribution is 9.10. The van der Waals surface area contributed by atoms with Gasteiger partial charge in [0.05, 0.1) is 6.54 Å². The van der Waals surface area contributed by atoms with E-state index in [2.05, 4.69) is 20.9 Å². The summed E-state index contributed by atoms with van der Waals surface area (Å²) in [6.07, 6.45) is 3.46. The second-order valence-electron chi connectivity index (χ2n) is 4.44. The fourth-order valence-electron chi connectivity index (χ4n) is 2.28. The number of nitrogens with zero attached hydrogens (tertiary/aromatic N) is 2. The van der Waals surface area contributed by atoms with E-state index < -0.39 is 5.97 Å². The van der Waals surface area contributed by atoms with Crippen molar-refractivity contribution in [3.05, 3.63) is 64.5 Å². The fourth-order valence-corrected chi connectivity index (χ4v) is 2.86. The van der Waals surface area contributed by atoms with Gasteiger partial charge >= 0.3 is 5.97 Å². The summed E-state index contributed by atoms with van der Waals surface area (Å²) in [5, 5.41) is 10.3. The number of carboxylic acid groups (broad SMARTS) is 1. The van der Waals surface area contributed by atoms with Crippen LogP contribution in [0.4, 0.5) is 0 Å². The molecule has 0 aliphatic rings. The van der Waals surface area contributed by atoms with E-state index in [-0.39, 0.29) is 5.69 Å². The maximum Gasteiger partial charge on any atom is 0.354 e. The van der Waals surface area contributed by atoms with E-state index in [1.165, 1.54) is 6.20 Å². The zero-order valence-electron chi connectivity index (χ0n) is 10.5. The van der Waals surface area contributed by atoms with Gasteiger partial charge in [0.15, 0.2) is 5.69 Å². The molecule has 0 bridgehead atoms. The molecule has 0 saturated carbocycles. The van der Waals surface area contributed by atoms with Crippen LogP contribution < -0.4 is 0 Å². The summed E-state index contributed by atoms with van der Waals surface area (Å²) in [6.45, 7) is 0.474. The van der Waals surface area contributed by atoms with E-state index in [0.717, 1.165) is 15.4 Å². The monoisotopic (exact) mass is 330 g/mol. The molecule has 2 heterocycles. The molecule has 0 saturated heterocycles. The van der Waals surface area contributed by atoms with Crippen molar-refractivity contribution < 1.29 is 9.90 Å². The Labute approximate surface area is 123 Å².